The molecule has 0 rings (SSSR count). The normalized spacial score (nSPS) is 11.9. The Hall–Kier alpha value is -1.23. The van der Waals surface area contributed by atoms with Crippen LogP contribution in [-0.2, 0) is 9.53 Å². The highest BCUT2D eigenvalue weighted by Crippen LogP contribution is 2.06. The van der Waals surface area contributed by atoms with Crippen LogP contribution >= 0.6 is 0 Å². The topological polar surface area (TPSA) is 26.3 Å². The minimum Gasteiger partial charge on any atom is -0.449 e. The van der Waals surface area contributed by atoms with E-state index in [1.165, 1.54) is 6.92 Å². The summed E-state index contributed by atoms with van der Waals surface area (Å²) >= 11 is 0. The van der Waals surface area contributed by atoms with Crippen LogP contribution in [0, 0.1) is 11.8 Å². The summed E-state index contributed by atoms with van der Waals surface area (Å²) in [7, 11) is 0. The first-order valence-corrected chi connectivity index (χ1v) is 6.04. The summed E-state index contributed by atoms with van der Waals surface area (Å²) in [6.07, 6.45) is 8.75. The van der Waals surface area contributed by atoms with Crippen molar-refractivity contribution in [2.24, 2.45) is 0 Å². The number of carbonyl (C=O) groups is 1. The van der Waals surface area contributed by atoms with Crippen molar-refractivity contribution in [2.45, 2.75) is 59.0 Å². The number of allylic oxidation sites excluding steroid dienone is 2. The van der Waals surface area contributed by atoms with Gasteiger partial charge in [0.25, 0.3) is 0 Å². The summed E-state index contributed by atoms with van der Waals surface area (Å²) < 4.78 is 5.13. The maximum atomic E-state index is 10.9. The van der Waals surface area contributed by atoms with Gasteiger partial charge in [-0.25, -0.2) is 0 Å². The lowest BCUT2D eigenvalue weighted by Crippen LogP contribution is -2.14. The highest BCUT2D eigenvalue weighted by molar-refractivity contribution is 5.66. The first-order valence-electron chi connectivity index (χ1n) is 6.04. The molecule has 0 saturated heterocycles. The van der Waals surface area contributed by atoms with Crippen LogP contribution in [0.15, 0.2) is 12.2 Å². The van der Waals surface area contributed by atoms with Gasteiger partial charge >= 0.3 is 5.97 Å². The number of unbranched alkanes of at least 4 members (excludes halogenated alkanes) is 2. The maximum absolute atomic E-state index is 10.9. The Labute approximate surface area is 99.1 Å². The lowest BCUT2D eigenvalue weighted by molar-refractivity contribution is -0.144. The standard InChI is InChI=1S/C14H22O2/c1-4-6-8-10-12-14(16-13(3)15)11-9-7-5-2/h6,8,14H,4-5,7,9,11H2,1-3H3/b8-6-. The van der Waals surface area contributed by atoms with E-state index >= 15 is 0 Å². The predicted octanol–water partition coefficient (Wildman–Crippen LogP) is 3.47. The summed E-state index contributed by atoms with van der Waals surface area (Å²) in [4.78, 5) is 10.9. The number of esters is 1. The number of hydrogen-bond acceptors (Lipinski definition) is 2. The predicted molar refractivity (Wildman–Crippen MR) is 66.9 cm³/mol. The van der Waals surface area contributed by atoms with E-state index in [1.54, 1.807) is 0 Å². The summed E-state index contributed by atoms with van der Waals surface area (Å²) in [5, 5.41) is 0. The number of ether oxygens (including phenoxy) is 1. The van der Waals surface area contributed by atoms with Crippen molar-refractivity contribution in [3.63, 3.8) is 0 Å². The van der Waals surface area contributed by atoms with Gasteiger partial charge in [-0.3, -0.25) is 4.79 Å². The molecule has 2 nitrogen and oxygen atoms in total. The van der Waals surface area contributed by atoms with E-state index in [0.717, 1.165) is 32.1 Å². The molecule has 0 aliphatic carbocycles. The highest BCUT2D eigenvalue weighted by Gasteiger charge is 2.07. The Morgan fingerprint density at radius 2 is 2.12 bits per heavy atom. The third-order valence-electron chi connectivity index (χ3n) is 2.06. The molecule has 2 heteroatoms. The van der Waals surface area contributed by atoms with Crippen LogP contribution < -0.4 is 0 Å². The first kappa shape index (κ1) is 14.8. The fourth-order valence-corrected chi connectivity index (χ4v) is 1.26. The second-order valence-electron chi connectivity index (χ2n) is 3.69. The molecule has 1 atom stereocenters. The van der Waals surface area contributed by atoms with Gasteiger partial charge in [0.2, 0.25) is 0 Å². The maximum Gasteiger partial charge on any atom is 0.303 e. The monoisotopic (exact) mass is 222 g/mol. The van der Waals surface area contributed by atoms with Gasteiger partial charge in [-0.05, 0) is 25.3 Å². The van der Waals surface area contributed by atoms with Crippen LogP contribution in [-0.4, -0.2) is 12.1 Å². The third kappa shape index (κ3) is 9.33. The van der Waals surface area contributed by atoms with Gasteiger partial charge in [-0.15, -0.1) is 0 Å². The van der Waals surface area contributed by atoms with Crippen LogP contribution in [0.1, 0.15) is 52.9 Å². The Kier molecular flexibility index (Phi) is 9.50. The Morgan fingerprint density at radius 3 is 2.69 bits per heavy atom. The van der Waals surface area contributed by atoms with Gasteiger partial charge in [-0.2, -0.15) is 0 Å². The van der Waals surface area contributed by atoms with Crippen molar-refractivity contribution in [2.75, 3.05) is 0 Å². The van der Waals surface area contributed by atoms with Gasteiger partial charge in [0.05, 0.1) is 0 Å². The van der Waals surface area contributed by atoms with Crippen LogP contribution in [0.4, 0.5) is 0 Å². The summed E-state index contributed by atoms with van der Waals surface area (Å²) in [6, 6.07) is 0. The molecule has 0 fully saturated rings. The molecule has 90 valence electrons. The first-order chi connectivity index (χ1) is 7.70. The van der Waals surface area contributed by atoms with Crippen LogP contribution in [0.2, 0.25) is 0 Å². The molecular weight excluding hydrogens is 200 g/mol. The Morgan fingerprint density at radius 1 is 1.38 bits per heavy atom. The van der Waals surface area contributed by atoms with Gasteiger partial charge in [-0.1, -0.05) is 44.6 Å². The van der Waals surface area contributed by atoms with E-state index in [1.807, 2.05) is 12.2 Å². The van der Waals surface area contributed by atoms with E-state index in [-0.39, 0.29) is 12.1 Å². The molecule has 16 heavy (non-hydrogen) atoms. The highest BCUT2D eigenvalue weighted by atomic mass is 16.5. The average molecular weight is 222 g/mol. The minimum absolute atomic E-state index is 0.245. The molecule has 0 aliphatic heterocycles. The molecule has 0 aromatic carbocycles. The number of hydrogen-bond donors (Lipinski definition) is 0. The lowest BCUT2D eigenvalue weighted by Gasteiger charge is -2.09. The lowest BCUT2D eigenvalue weighted by atomic mass is 10.1. The zero-order valence-electron chi connectivity index (χ0n) is 10.6. The van der Waals surface area contributed by atoms with E-state index in [9.17, 15) is 4.79 Å². The molecule has 1 unspecified atom stereocenters. The SMILES string of the molecule is CC/C=C\C#CC(CCCCC)OC(C)=O. The zero-order valence-corrected chi connectivity index (χ0v) is 10.6. The largest absolute Gasteiger partial charge is 0.449 e. The summed E-state index contributed by atoms with van der Waals surface area (Å²) in [6.45, 7) is 5.63. The van der Waals surface area contributed by atoms with Crippen molar-refractivity contribution in [1.82, 2.24) is 0 Å². The fourth-order valence-electron chi connectivity index (χ4n) is 1.26. The van der Waals surface area contributed by atoms with Crippen molar-refractivity contribution >= 4 is 5.97 Å². The van der Waals surface area contributed by atoms with E-state index in [2.05, 4.69) is 25.7 Å². The molecule has 0 amide bonds. The second kappa shape index (κ2) is 10.3. The van der Waals surface area contributed by atoms with Gasteiger partial charge in [0, 0.05) is 6.92 Å². The molecule has 0 aliphatic rings. The minimum atomic E-state index is -0.254. The second-order valence-corrected chi connectivity index (χ2v) is 3.69. The summed E-state index contributed by atoms with van der Waals surface area (Å²) in [5.74, 6) is 5.62. The quantitative estimate of drug-likeness (QED) is 0.391. The molecule has 0 aromatic rings. The van der Waals surface area contributed by atoms with Crippen molar-refractivity contribution in [3.8, 4) is 11.8 Å². The molecule has 0 saturated carbocycles. The van der Waals surface area contributed by atoms with Gasteiger partial charge < -0.3 is 4.74 Å². The molecule has 0 bridgehead atoms. The fraction of sp³-hybridized carbons (Fsp3) is 0.643. The van der Waals surface area contributed by atoms with E-state index in [4.69, 9.17) is 4.74 Å². The van der Waals surface area contributed by atoms with E-state index in [0.29, 0.717) is 0 Å². The molecule has 0 heterocycles. The van der Waals surface area contributed by atoms with Gasteiger partial charge in [0.15, 0.2) is 6.10 Å². The molecule has 0 radical (unpaired) electrons. The molecule has 0 N–H and O–H groups in total. The Bertz CT molecular complexity index is 268. The number of carbonyl (C=O) groups excluding carboxylic acids is 1. The average Bonchev–Trinajstić information content (AvgIpc) is 2.23. The zero-order chi connectivity index (χ0) is 12.2. The van der Waals surface area contributed by atoms with Crippen molar-refractivity contribution in [1.29, 1.82) is 0 Å². The Balaban J connectivity index is 4.11. The number of rotatable bonds is 6. The van der Waals surface area contributed by atoms with E-state index < -0.39 is 0 Å². The molecule has 0 spiro atoms. The van der Waals surface area contributed by atoms with Crippen LogP contribution in [0.5, 0.6) is 0 Å². The van der Waals surface area contributed by atoms with Crippen molar-refractivity contribution in [3.05, 3.63) is 12.2 Å². The molecular formula is C14H22O2. The summed E-state index contributed by atoms with van der Waals surface area (Å²) in [5.41, 5.74) is 0. The smallest absolute Gasteiger partial charge is 0.303 e. The third-order valence-corrected chi connectivity index (χ3v) is 2.06. The van der Waals surface area contributed by atoms with Crippen LogP contribution in [0.25, 0.3) is 0 Å². The van der Waals surface area contributed by atoms with Crippen LogP contribution in [0.3, 0.4) is 0 Å². The van der Waals surface area contributed by atoms with Gasteiger partial charge in [0.1, 0.15) is 0 Å². The molecule has 0 aromatic heterocycles. The van der Waals surface area contributed by atoms with Crippen molar-refractivity contribution < 1.29 is 9.53 Å².